The number of thiophene rings is 1. The molecule has 0 amide bonds. The van der Waals surface area contributed by atoms with E-state index in [1.165, 1.54) is 14.6 Å². The van der Waals surface area contributed by atoms with Crippen molar-refractivity contribution in [2.75, 3.05) is 13.6 Å². The summed E-state index contributed by atoms with van der Waals surface area (Å²) in [4.78, 5) is 17.2. The van der Waals surface area contributed by atoms with Gasteiger partial charge in [-0.05, 0) is 39.3 Å². The lowest BCUT2D eigenvalue weighted by Gasteiger charge is -2.10. The quantitative estimate of drug-likeness (QED) is 0.477. The number of guanidine groups is 1. The maximum atomic E-state index is 4.56. The van der Waals surface area contributed by atoms with Crippen LogP contribution in [0.4, 0.5) is 0 Å². The predicted molar refractivity (Wildman–Crippen MR) is 114 cm³/mol. The van der Waals surface area contributed by atoms with Gasteiger partial charge in [0.25, 0.3) is 0 Å². The molecule has 0 unspecified atom stereocenters. The number of nitrogens with zero attached hydrogens (tertiary/aromatic N) is 3. The smallest absolute Gasteiger partial charge is 0.191 e. The third-order valence-corrected chi connectivity index (χ3v) is 6.85. The summed E-state index contributed by atoms with van der Waals surface area (Å²) < 4.78 is 0. The number of thiazole rings is 2. The number of hydrogen-bond donors (Lipinski definition) is 2. The van der Waals surface area contributed by atoms with Crippen LogP contribution in [0.3, 0.4) is 0 Å². The average Bonchev–Trinajstić information content (AvgIpc) is 3.31. The number of aryl methyl sites for hydroxylation is 3. The van der Waals surface area contributed by atoms with Crippen LogP contribution in [0.2, 0.25) is 0 Å². The first-order valence-electron chi connectivity index (χ1n) is 8.44. The predicted octanol–water partition coefficient (Wildman–Crippen LogP) is 4.16. The SMILES string of the molecule is CN=C(NCCc1ccc(-c2csc(C)n2)s1)NCc1sc(C)nc1C. The summed E-state index contributed by atoms with van der Waals surface area (Å²) in [6.07, 6.45) is 0.965. The number of nitrogens with one attached hydrogen (secondary N) is 2. The molecule has 0 aliphatic carbocycles. The molecule has 2 N–H and O–H groups in total. The zero-order valence-corrected chi connectivity index (χ0v) is 17.9. The topological polar surface area (TPSA) is 62.2 Å². The zero-order chi connectivity index (χ0) is 18.5. The van der Waals surface area contributed by atoms with E-state index in [-0.39, 0.29) is 0 Å². The third kappa shape index (κ3) is 4.90. The van der Waals surface area contributed by atoms with Crippen molar-refractivity contribution in [1.82, 2.24) is 20.6 Å². The third-order valence-electron chi connectivity index (χ3n) is 3.84. The fourth-order valence-electron chi connectivity index (χ4n) is 2.55. The summed E-state index contributed by atoms with van der Waals surface area (Å²) in [5, 5.41) is 11.1. The van der Waals surface area contributed by atoms with Crippen molar-refractivity contribution in [2.24, 2.45) is 4.99 Å². The first-order valence-corrected chi connectivity index (χ1v) is 10.9. The van der Waals surface area contributed by atoms with Gasteiger partial charge in [-0.2, -0.15) is 0 Å². The molecule has 3 heterocycles. The van der Waals surface area contributed by atoms with Crippen molar-refractivity contribution in [3.8, 4) is 10.6 Å². The van der Waals surface area contributed by atoms with Gasteiger partial charge in [-0.15, -0.1) is 34.0 Å². The molecule has 0 fully saturated rings. The van der Waals surface area contributed by atoms with Gasteiger partial charge in [0.15, 0.2) is 5.96 Å². The van der Waals surface area contributed by atoms with E-state index in [1.54, 1.807) is 29.7 Å². The molecule has 3 aromatic heterocycles. The normalized spacial score (nSPS) is 11.8. The van der Waals surface area contributed by atoms with Crippen LogP contribution < -0.4 is 10.6 Å². The fourth-order valence-corrected chi connectivity index (χ4v) is 5.09. The van der Waals surface area contributed by atoms with Gasteiger partial charge >= 0.3 is 0 Å². The molecule has 0 bridgehead atoms. The fraction of sp³-hybridized carbons (Fsp3) is 0.389. The Kier molecular flexibility index (Phi) is 6.39. The Morgan fingerprint density at radius 1 is 1.08 bits per heavy atom. The van der Waals surface area contributed by atoms with E-state index < -0.39 is 0 Å². The van der Waals surface area contributed by atoms with Gasteiger partial charge in [0.1, 0.15) is 0 Å². The average molecular weight is 406 g/mol. The Balaban J connectivity index is 1.47. The van der Waals surface area contributed by atoms with Crippen molar-refractivity contribution in [2.45, 2.75) is 33.7 Å². The van der Waals surface area contributed by atoms with Crippen LogP contribution in [0, 0.1) is 20.8 Å². The van der Waals surface area contributed by atoms with Crippen LogP contribution in [-0.4, -0.2) is 29.5 Å². The molecule has 0 spiro atoms. The van der Waals surface area contributed by atoms with Crippen LogP contribution in [0.15, 0.2) is 22.5 Å². The molecule has 5 nitrogen and oxygen atoms in total. The van der Waals surface area contributed by atoms with E-state index in [9.17, 15) is 0 Å². The van der Waals surface area contributed by atoms with Crippen molar-refractivity contribution >= 4 is 40.0 Å². The highest BCUT2D eigenvalue weighted by Crippen LogP contribution is 2.29. The minimum atomic E-state index is 0.753. The molecule has 0 aromatic carbocycles. The molecular formula is C18H23N5S3. The molecule has 0 saturated carbocycles. The molecule has 3 rings (SSSR count). The Bertz CT molecular complexity index is 890. The van der Waals surface area contributed by atoms with Crippen LogP contribution in [0.25, 0.3) is 10.6 Å². The lowest BCUT2D eigenvalue weighted by Crippen LogP contribution is -2.37. The number of aliphatic imine (C=N–C) groups is 1. The standard InChI is InChI=1S/C18H23N5S3/c1-11-17(25-13(3)22-11)9-21-18(19-4)20-8-7-14-5-6-16(26-14)15-10-24-12(2)23-15/h5-6,10H,7-9H2,1-4H3,(H2,19,20,21). The Morgan fingerprint density at radius 3 is 2.58 bits per heavy atom. The van der Waals surface area contributed by atoms with Gasteiger partial charge in [0.05, 0.1) is 32.8 Å². The molecule has 3 aromatic rings. The van der Waals surface area contributed by atoms with Gasteiger partial charge < -0.3 is 10.6 Å². The van der Waals surface area contributed by atoms with Crippen LogP contribution in [-0.2, 0) is 13.0 Å². The highest BCUT2D eigenvalue weighted by Gasteiger charge is 2.08. The monoisotopic (exact) mass is 405 g/mol. The van der Waals surface area contributed by atoms with Gasteiger partial charge in [-0.25, -0.2) is 9.97 Å². The second kappa shape index (κ2) is 8.75. The van der Waals surface area contributed by atoms with Gasteiger partial charge in [-0.3, -0.25) is 4.99 Å². The summed E-state index contributed by atoms with van der Waals surface area (Å²) in [5.74, 6) is 0.822. The lowest BCUT2D eigenvalue weighted by atomic mass is 10.3. The first-order chi connectivity index (χ1) is 12.5. The Labute approximate surface area is 166 Å². The van der Waals surface area contributed by atoms with Crippen LogP contribution in [0.1, 0.15) is 25.5 Å². The van der Waals surface area contributed by atoms with E-state index >= 15 is 0 Å². The first kappa shape index (κ1) is 19.0. The lowest BCUT2D eigenvalue weighted by molar-refractivity contribution is 0.801. The summed E-state index contributed by atoms with van der Waals surface area (Å²) in [7, 11) is 1.80. The van der Waals surface area contributed by atoms with Crippen LogP contribution >= 0.6 is 34.0 Å². The zero-order valence-electron chi connectivity index (χ0n) is 15.4. The maximum Gasteiger partial charge on any atom is 0.191 e. The van der Waals surface area contributed by atoms with E-state index in [0.29, 0.717) is 0 Å². The largest absolute Gasteiger partial charge is 0.356 e. The number of rotatable bonds is 6. The van der Waals surface area contributed by atoms with Crippen LogP contribution in [0.5, 0.6) is 0 Å². The molecule has 0 aliphatic heterocycles. The van der Waals surface area contributed by atoms with Crippen molar-refractivity contribution in [3.63, 3.8) is 0 Å². The summed E-state index contributed by atoms with van der Waals surface area (Å²) >= 11 is 5.24. The van der Waals surface area contributed by atoms with E-state index in [1.807, 2.05) is 25.2 Å². The van der Waals surface area contributed by atoms with Crippen molar-refractivity contribution in [3.05, 3.63) is 43.0 Å². The molecule has 0 radical (unpaired) electrons. The second-order valence-electron chi connectivity index (χ2n) is 5.86. The highest BCUT2D eigenvalue weighted by atomic mass is 32.1. The molecule has 26 heavy (non-hydrogen) atoms. The second-order valence-corrected chi connectivity index (χ2v) is 9.38. The minimum absolute atomic E-state index is 0.753. The minimum Gasteiger partial charge on any atom is -0.356 e. The Hall–Kier alpha value is -1.77. The van der Waals surface area contributed by atoms with Crippen molar-refractivity contribution < 1.29 is 0 Å². The summed E-state index contributed by atoms with van der Waals surface area (Å²) in [6, 6.07) is 4.35. The number of aromatic nitrogens is 2. The van der Waals surface area contributed by atoms with Gasteiger partial charge in [-0.1, -0.05) is 0 Å². The molecule has 0 atom stereocenters. The van der Waals surface area contributed by atoms with Gasteiger partial charge in [0, 0.05) is 28.7 Å². The highest BCUT2D eigenvalue weighted by molar-refractivity contribution is 7.16. The summed E-state index contributed by atoms with van der Waals surface area (Å²) in [6.45, 7) is 7.73. The van der Waals surface area contributed by atoms with Crippen molar-refractivity contribution in [1.29, 1.82) is 0 Å². The summed E-state index contributed by atoms with van der Waals surface area (Å²) in [5.41, 5.74) is 2.18. The van der Waals surface area contributed by atoms with Gasteiger partial charge in [0.2, 0.25) is 0 Å². The van der Waals surface area contributed by atoms with E-state index in [2.05, 4.69) is 50.0 Å². The van der Waals surface area contributed by atoms with E-state index in [0.717, 1.165) is 46.9 Å². The Morgan fingerprint density at radius 2 is 1.92 bits per heavy atom. The molecule has 0 aliphatic rings. The van der Waals surface area contributed by atoms with E-state index in [4.69, 9.17) is 0 Å². The number of hydrogen-bond acceptors (Lipinski definition) is 6. The molecular weight excluding hydrogens is 382 g/mol. The molecule has 138 valence electrons. The molecule has 0 saturated heterocycles. The molecule has 8 heteroatoms. The maximum absolute atomic E-state index is 4.56.